The number of phosphoric acid groups is 3. The number of hydrogen-bond donors (Lipinski definition) is 8. The minimum absolute atomic E-state index is 0.0298. The van der Waals surface area contributed by atoms with Crippen molar-refractivity contribution in [1.82, 2.24) is 0 Å². The Morgan fingerprint density at radius 3 is 1.36 bits per heavy atom. The first-order chi connectivity index (χ1) is 32.8. The van der Waals surface area contributed by atoms with Crippen LogP contribution >= 0.6 is 23.5 Å². The molecule has 22 heteroatoms. The third-order valence-electron chi connectivity index (χ3n) is 11.2. The monoisotopic (exact) mass is 1050 g/mol. The van der Waals surface area contributed by atoms with E-state index < -0.39 is 91.3 Å². The van der Waals surface area contributed by atoms with Gasteiger partial charge < -0.3 is 49.3 Å². The summed E-state index contributed by atoms with van der Waals surface area (Å²) in [6.45, 7) is 2.83. The van der Waals surface area contributed by atoms with Crippen LogP contribution < -0.4 is 0 Å². The Morgan fingerprint density at radius 2 is 0.884 bits per heavy atom. The first-order valence-corrected chi connectivity index (χ1v) is 29.5. The molecule has 402 valence electrons. The lowest BCUT2D eigenvalue weighted by Crippen LogP contribution is -2.65. The van der Waals surface area contributed by atoms with Crippen molar-refractivity contribution >= 4 is 35.4 Å². The second-order valence-corrected chi connectivity index (χ2v) is 21.2. The lowest BCUT2D eigenvalue weighted by molar-refractivity contribution is -0.213. The van der Waals surface area contributed by atoms with Crippen molar-refractivity contribution in [1.29, 1.82) is 0 Å². The van der Waals surface area contributed by atoms with Crippen molar-refractivity contribution in [2.75, 3.05) is 13.2 Å². The molecule has 0 aromatic heterocycles. The third-order valence-corrected chi connectivity index (χ3v) is 13.2. The minimum Gasteiger partial charge on any atom is -0.462 e. The molecule has 0 aliphatic heterocycles. The van der Waals surface area contributed by atoms with E-state index in [1.807, 2.05) is 0 Å². The summed E-state index contributed by atoms with van der Waals surface area (Å²) < 4.78 is 65.5. The molecule has 0 aromatic carbocycles. The SMILES string of the molecule is CCC=CCC=CCC=CCC=CCCCCCCC(=O)O[C@H](COC(=O)CCCCCCCCCCCCCCCCC)COP(=O)(O)O[C@H]1C(O)C(O)C(OP(=O)(O)O)[C@@H](OP(=O)(O)O)C1O. The molecule has 0 radical (unpaired) electrons. The number of aliphatic hydroxyl groups excluding tert-OH is 3. The molecule has 0 aromatic rings. The van der Waals surface area contributed by atoms with Crippen molar-refractivity contribution in [3.05, 3.63) is 48.6 Å². The molecular weight excluding hydrogens is 961 g/mol. The van der Waals surface area contributed by atoms with Gasteiger partial charge in [0, 0.05) is 12.8 Å². The van der Waals surface area contributed by atoms with Gasteiger partial charge in [-0.3, -0.25) is 27.7 Å². The van der Waals surface area contributed by atoms with E-state index in [-0.39, 0.29) is 12.8 Å². The van der Waals surface area contributed by atoms with Crippen molar-refractivity contribution in [3.63, 3.8) is 0 Å². The van der Waals surface area contributed by atoms with Crippen LogP contribution in [0.4, 0.5) is 0 Å². The highest BCUT2D eigenvalue weighted by Crippen LogP contribution is 2.51. The van der Waals surface area contributed by atoms with Gasteiger partial charge in [-0.2, -0.15) is 0 Å². The quantitative estimate of drug-likeness (QED) is 0.0122. The smallest absolute Gasteiger partial charge is 0.462 e. The van der Waals surface area contributed by atoms with Crippen LogP contribution in [0, 0.1) is 0 Å². The molecule has 0 heterocycles. The van der Waals surface area contributed by atoms with Gasteiger partial charge in [-0.1, -0.05) is 165 Å². The highest BCUT2D eigenvalue weighted by atomic mass is 31.2. The maximum atomic E-state index is 13.1. The number of carbonyl (C=O) groups is 2. The third kappa shape index (κ3) is 35.0. The van der Waals surface area contributed by atoms with Crippen molar-refractivity contribution in [3.8, 4) is 0 Å². The van der Waals surface area contributed by atoms with Gasteiger partial charge in [0.2, 0.25) is 0 Å². The van der Waals surface area contributed by atoms with E-state index in [1.54, 1.807) is 0 Å². The molecule has 69 heavy (non-hydrogen) atoms. The number of phosphoric ester groups is 3. The summed E-state index contributed by atoms with van der Waals surface area (Å²) in [6.07, 6.45) is 25.5. The Hall–Kier alpha value is -1.89. The fourth-order valence-corrected chi connectivity index (χ4v) is 9.55. The summed E-state index contributed by atoms with van der Waals surface area (Å²) in [6, 6.07) is 0. The summed E-state index contributed by atoms with van der Waals surface area (Å²) in [5.74, 6) is -1.32. The molecule has 1 aliphatic carbocycles. The minimum atomic E-state index is -5.61. The highest BCUT2D eigenvalue weighted by molar-refractivity contribution is 7.47. The molecule has 0 amide bonds. The van der Waals surface area contributed by atoms with E-state index in [2.05, 4.69) is 71.5 Å². The topological polar surface area (TPSA) is 303 Å². The lowest BCUT2D eigenvalue weighted by atomic mass is 9.85. The van der Waals surface area contributed by atoms with Crippen LogP contribution in [0.25, 0.3) is 0 Å². The number of unbranched alkanes of at least 4 members (excludes halogenated alkanes) is 18. The van der Waals surface area contributed by atoms with Crippen LogP contribution in [0.3, 0.4) is 0 Å². The molecule has 0 spiro atoms. The standard InChI is InChI=1S/C47H85O19P3/c1-3-5-7-9-11-13-15-17-19-20-22-24-26-28-30-32-34-36-41(49)63-39(37-61-40(48)35-33-31-29-27-25-23-21-18-16-14-12-10-8-6-4-2)38-62-69(59,60)66-45-42(50)43(51)46(64-67(53,54)55)47(44(45)52)65-68(56,57)58/h5,7,11,13,17,19,22,24,39,42-47,50-52H,3-4,6,8-10,12,14-16,18,20-21,23,25-38H2,1-2H3,(H,59,60)(H2,53,54,55)(H2,56,57,58)/t39-,42?,43?,44?,45+,46?,47+/m1/s1. The Balaban J connectivity index is 2.72. The number of ether oxygens (including phenoxy) is 2. The number of rotatable bonds is 42. The van der Waals surface area contributed by atoms with E-state index in [1.165, 1.54) is 64.2 Å². The second-order valence-electron chi connectivity index (χ2n) is 17.4. The van der Waals surface area contributed by atoms with E-state index in [0.717, 1.165) is 70.6 Å². The summed E-state index contributed by atoms with van der Waals surface area (Å²) in [4.78, 5) is 73.3. The van der Waals surface area contributed by atoms with Gasteiger partial charge in [0.25, 0.3) is 0 Å². The first-order valence-electron chi connectivity index (χ1n) is 24.9. The molecule has 1 rings (SSSR count). The molecule has 1 fully saturated rings. The van der Waals surface area contributed by atoms with Crippen LogP contribution in [0.5, 0.6) is 0 Å². The molecule has 0 saturated heterocycles. The highest BCUT2D eigenvalue weighted by Gasteiger charge is 2.56. The Kier molecular flexibility index (Phi) is 36.5. The van der Waals surface area contributed by atoms with Crippen molar-refractivity contribution in [2.24, 2.45) is 0 Å². The molecule has 19 nitrogen and oxygen atoms in total. The average molecular weight is 1050 g/mol. The van der Waals surface area contributed by atoms with E-state index in [9.17, 15) is 63.1 Å². The largest absolute Gasteiger partial charge is 0.472 e. The fourth-order valence-electron chi connectivity index (χ4n) is 7.46. The van der Waals surface area contributed by atoms with Gasteiger partial charge in [-0.25, -0.2) is 13.7 Å². The zero-order valence-electron chi connectivity index (χ0n) is 40.9. The predicted molar refractivity (Wildman–Crippen MR) is 261 cm³/mol. The molecule has 8 N–H and O–H groups in total. The number of aliphatic hydroxyl groups is 3. The number of hydrogen-bond acceptors (Lipinski definition) is 14. The maximum Gasteiger partial charge on any atom is 0.472 e. The predicted octanol–water partition coefficient (Wildman–Crippen LogP) is 9.40. The van der Waals surface area contributed by atoms with E-state index >= 15 is 0 Å². The summed E-state index contributed by atoms with van der Waals surface area (Å²) in [5.41, 5.74) is 0. The van der Waals surface area contributed by atoms with Crippen LogP contribution in [-0.2, 0) is 50.9 Å². The average Bonchev–Trinajstić information content (AvgIpc) is 3.28. The Morgan fingerprint density at radius 1 is 0.478 bits per heavy atom. The van der Waals surface area contributed by atoms with E-state index in [4.69, 9.17) is 18.5 Å². The fraction of sp³-hybridized carbons (Fsp3) is 0.787. The molecule has 1 saturated carbocycles. The molecule has 0 bridgehead atoms. The maximum absolute atomic E-state index is 13.1. The zero-order valence-corrected chi connectivity index (χ0v) is 43.6. The Bertz CT molecular complexity index is 1630. The zero-order chi connectivity index (χ0) is 51.4. The van der Waals surface area contributed by atoms with E-state index in [0.29, 0.717) is 19.3 Å². The first kappa shape index (κ1) is 65.1. The van der Waals surface area contributed by atoms with Crippen LogP contribution in [0.1, 0.15) is 181 Å². The molecular formula is C47H85O19P3. The number of carbonyl (C=O) groups excluding carboxylic acids is 2. The van der Waals surface area contributed by atoms with Crippen LogP contribution in [0.15, 0.2) is 48.6 Å². The summed E-state index contributed by atoms with van der Waals surface area (Å²) in [5, 5.41) is 31.9. The van der Waals surface area contributed by atoms with Gasteiger partial charge in [-0.15, -0.1) is 0 Å². The summed E-state index contributed by atoms with van der Waals surface area (Å²) in [7, 11) is -16.6. The molecule has 5 unspecified atom stereocenters. The van der Waals surface area contributed by atoms with Crippen LogP contribution in [-0.4, -0.2) is 108 Å². The lowest BCUT2D eigenvalue weighted by Gasteiger charge is -2.44. The van der Waals surface area contributed by atoms with Gasteiger partial charge in [0.05, 0.1) is 6.61 Å². The molecule has 1 aliphatic rings. The molecule has 8 atom stereocenters. The van der Waals surface area contributed by atoms with Gasteiger partial charge in [0.1, 0.15) is 43.2 Å². The van der Waals surface area contributed by atoms with Gasteiger partial charge >= 0.3 is 35.4 Å². The van der Waals surface area contributed by atoms with Crippen molar-refractivity contribution < 1.29 is 90.6 Å². The van der Waals surface area contributed by atoms with Gasteiger partial charge in [-0.05, 0) is 51.4 Å². The number of esters is 2. The normalized spacial score (nSPS) is 21.7. The van der Waals surface area contributed by atoms with Crippen molar-refractivity contribution in [2.45, 2.75) is 224 Å². The van der Waals surface area contributed by atoms with Gasteiger partial charge in [0.15, 0.2) is 6.10 Å². The number of allylic oxidation sites excluding steroid dienone is 8. The Labute approximate surface area is 410 Å². The van der Waals surface area contributed by atoms with Crippen LogP contribution in [0.2, 0.25) is 0 Å². The second kappa shape index (κ2) is 38.7. The summed E-state index contributed by atoms with van der Waals surface area (Å²) >= 11 is 0.